The van der Waals surface area contributed by atoms with Crippen LogP contribution >= 0.6 is 22.9 Å². The highest BCUT2D eigenvalue weighted by Gasteiger charge is 2.39. The highest BCUT2D eigenvalue weighted by Crippen LogP contribution is 2.28. The third-order valence-corrected chi connectivity index (χ3v) is 8.74. The summed E-state index contributed by atoms with van der Waals surface area (Å²) in [5.74, 6) is -1.34. The molecule has 1 aromatic heterocycles. The number of rotatable bonds is 6. The normalized spacial score (nSPS) is 17.1. The molecule has 0 saturated carbocycles. The van der Waals surface area contributed by atoms with Crippen LogP contribution in [-0.4, -0.2) is 53.8 Å². The van der Waals surface area contributed by atoms with Crippen molar-refractivity contribution in [3.63, 3.8) is 0 Å². The molecule has 35 heavy (non-hydrogen) atoms. The van der Waals surface area contributed by atoms with Gasteiger partial charge >= 0.3 is 5.97 Å². The van der Waals surface area contributed by atoms with E-state index >= 15 is 0 Å². The SMILES string of the molecule is COC(=O)Cn1c(=NC(=O)C2CCCN2S(=O)(=O)c2ccc(Cl)cc2)sc2ccc([N+](=O)[O-])cc21. The van der Waals surface area contributed by atoms with Gasteiger partial charge in [-0.25, -0.2) is 8.42 Å². The Morgan fingerprint density at radius 1 is 1.26 bits per heavy atom. The molecule has 184 valence electrons. The number of carbonyl (C=O) groups is 2. The van der Waals surface area contributed by atoms with Gasteiger partial charge in [0.2, 0.25) is 10.0 Å². The number of non-ortho nitro benzene ring substituents is 1. The second-order valence-corrected chi connectivity index (χ2v) is 11.0. The van der Waals surface area contributed by atoms with Crippen molar-refractivity contribution in [1.82, 2.24) is 8.87 Å². The highest BCUT2D eigenvalue weighted by atomic mass is 35.5. The number of benzene rings is 2. The van der Waals surface area contributed by atoms with Gasteiger partial charge in [0.15, 0.2) is 4.80 Å². The summed E-state index contributed by atoms with van der Waals surface area (Å²) in [5.41, 5.74) is 0.140. The lowest BCUT2D eigenvalue weighted by Gasteiger charge is -2.21. The molecule has 1 amide bonds. The number of esters is 1. The van der Waals surface area contributed by atoms with Crippen LogP contribution in [0.3, 0.4) is 0 Å². The molecule has 1 aliphatic heterocycles. The van der Waals surface area contributed by atoms with E-state index in [1.54, 1.807) is 0 Å². The van der Waals surface area contributed by atoms with Gasteiger partial charge in [-0.2, -0.15) is 9.30 Å². The lowest BCUT2D eigenvalue weighted by atomic mass is 10.2. The van der Waals surface area contributed by atoms with Crippen LogP contribution in [0.5, 0.6) is 0 Å². The number of aromatic nitrogens is 1. The van der Waals surface area contributed by atoms with Crippen LogP contribution in [0.25, 0.3) is 10.2 Å². The first kappa shape index (κ1) is 25.0. The Hall–Kier alpha value is -3.13. The number of ether oxygens (including phenoxy) is 1. The van der Waals surface area contributed by atoms with Crippen molar-refractivity contribution in [2.45, 2.75) is 30.3 Å². The Labute approximate surface area is 208 Å². The fraction of sp³-hybridized carbons (Fsp3) is 0.286. The molecule has 1 saturated heterocycles. The number of amides is 1. The predicted octanol–water partition coefficient (Wildman–Crippen LogP) is 2.72. The molecule has 11 nitrogen and oxygen atoms in total. The monoisotopic (exact) mass is 538 g/mol. The number of hydrogen-bond acceptors (Lipinski definition) is 8. The molecule has 3 aromatic rings. The van der Waals surface area contributed by atoms with Crippen LogP contribution in [0.15, 0.2) is 52.4 Å². The summed E-state index contributed by atoms with van der Waals surface area (Å²) in [7, 11) is -2.78. The molecule has 0 aliphatic carbocycles. The first-order valence-electron chi connectivity index (χ1n) is 10.3. The van der Waals surface area contributed by atoms with Gasteiger partial charge in [0.05, 0.1) is 27.1 Å². The smallest absolute Gasteiger partial charge is 0.325 e. The topological polar surface area (TPSA) is 141 Å². The molecule has 1 unspecified atom stereocenters. The van der Waals surface area contributed by atoms with E-state index in [1.165, 1.54) is 54.1 Å². The summed E-state index contributed by atoms with van der Waals surface area (Å²) < 4.78 is 34.1. The van der Waals surface area contributed by atoms with E-state index in [1.807, 2.05) is 0 Å². The van der Waals surface area contributed by atoms with Crippen LogP contribution in [0.1, 0.15) is 12.8 Å². The Morgan fingerprint density at radius 3 is 2.63 bits per heavy atom. The van der Waals surface area contributed by atoms with Gasteiger partial charge in [-0.3, -0.25) is 19.7 Å². The first-order valence-corrected chi connectivity index (χ1v) is 13.0. The van der Waals surface area contributed by atoms with Crippen LogP contribution in [0.2, 0.25) is 5.02 Å². The summed E-state index contributed by atoms with van der Waals surface area (Å²) in [6, 6.07) is 8.73. The summed E-state index contributed by atoms with van der Waals surface area (Å²) in [4.78, 5) is 40.1. The van der Waals surface area contributed by atoms with Gasteiger partial charge in [0.1, 0.15) is 12.6 Å². The fourth-order valence-corrected chi connectivity index (χ4v) is 6.58. The number of nitrogens with zero attached hydrogens (tertiary/aromatic N) is 4. The van der Waals surface area contributed by atoms with Gasteiger partial charge in [0, 0.05) is 23.7 Å². The van der Waals surface area contributed by atoms with Gasteiger partial charge in [-0.1, -0.05) is 22.9 Å². The van der Waals surface area contributed by atoms with Gasteiger partial charge in [-0.05, 0) is 43.2 Å². The van der Waals surface area contributed by atoms with E-state index in [9.17, 15) is 28.1 Å². The minimum absolute atomic E-state index is 0.0107. The molecule has 4 rings (SSSR count). The molecule has 1 aliphatic rings. The number of methoxy groups -OCH3 is 1. The van der Waals surface area contributed by atoms with E-state index < -0.39 is 32.9 Å². The zero-order valence-electron chi connectivity index (χ0n) is 18.3. The number of halogens is 1. The molecule has 0 bridgehead atoms. The van der Waals surface area contributed by atoms with Gasteiger partial charge < -0.3 is 9.30 Å². The van der Waals surface area contributed by atoms with E-state index in [4.69, 9.17) is 16.3 Å². The number of nitro groups is 1. The zero-order valence-corrected chi connectivity index (χ0v) is 20.7. The number of carbonyl (C=O) groups excluding carboxylic acids is 2. The molecule has 0 radical (unpaired) electrons. The number of fused-ring (bicyclic) bond motifs is 1. The van der Waals surface area contributed by atoms with E-state index in [0.29, 0.717) is 21.7 Å². The summed E-state index contributed by atoms with van der Waals surface area (Å²) >= 11 is 6.92. The predicted molar refractivity (Wildman–Crippen MR) is 127 cm³/mol. The number of sulfonamides is 1. The molecule has 2 aromatic carbocycles. The summed E-state index contributed by atoms with van der Waals surface area (Å²) in [5, 5.41) is 11.6. The average Bonchev–Trinajstić information content (AvgIpc) is 3.45. The van der Waals surface area contributed by atoms with Crippen molar-refractivity contribution in [1.29, 1.82) is 0 Å². The molecule has 1 atom stereocenters. The van der Waals surface area contributed by atoms with Crippen molar-refractivity contribution < 1.29 is 27.7 Å². The molecule has 0 spiro atoms. The molecular weight excluding hydrogens is 520 g/mol. The van der Waals surface area contributed by atoms with Crippen molar-refractivity contribution in [3.05, 3.63) is 62.4 Å². The van der Waals surface area contributed by atoms with Crippen molar-refractivity contribution in [2.75, 3.05) is 13.7 Å². The summed E-state index contributed by atoms with van der Waals surface area (Å²) in [6.45, 7) is -0.182. The molecule has 1 fully saturated rings. The second-order valence-electron chi connectivity index (χ2n) is 7.63. The highest BCUT2D eigenvalue weighted by molar-refractivity contribution is 7.89. The molecule has 2 heterocycles. The molecular formula is C21H19ClN4O7S2. The largest absolute Gasteiger partial charge is 0.468 e. The van der Waals surface area contributed by atoms with E-state index in [-0.39, 0.29) is 34.9 Å². The van der Waals surface area contributed by atoms with Crippen LogP contribution < -0.4 is 4.80 Å². The Kier molecular flexibility index (Phi) is 7.03. The maximum atomic E-state index is 13.2. The average molecular weight is 539 g/mol. The molecule has 0 N–H and O–H groups in total. The second kappa shape index (κ2) is 9.85. The van der Waals surface area contributed by atoms with Crippen LogP contribution in [-0.2, 0) is 30.9 Å². The quantitative estimate of drug-likeness (QED) is 0.267. The maximum absolute atomic E-state index is 13.2. The molecule has 14 heteroatoms. The zero-order chi connectivity index (χ0) is 25.3. The summed E-state index contributed by atoms with van der Waals surface area (Å²) in [6.07, 6.45) is 0.752. The van der Waals surface area contributed by atoms with Crippen molar-refractivity contribution >= 4 is 60.7 Å². The Bertz CT molecular complexity index is 1500. The number of thiazole rings is 1. The van der Waals surface area contributed by atoms with Crippen LogP contribution in [0.4, 0.5) is 5.69 Å². The van der Waals surface area contributed by atoms with Gasteiger partial charge in [0.25, 0.3) is 11.6 Å². The van der Waals surface area contributed by atoms with Crippen LogP contribution in [0, 0.1) is 10.1 Å². The Balaban J connectivity index is 1.75. The van der Waals surface area contributed by atoms with E-state index in [0.717, 1.165) is 15.6 Å². The Morgan fingerprint density at radius 2 is 1.97 bits per heavy atom. The lowest BCUT2D eigenvalue weighted by Crippen LogP contribution is -2.40. The number of hydrogen-bond donors (Lipinski definition) is 0. The van der Waals surface area contributed by atoms with E-state index in [2.05, 4.69) is 4.99 Å². The van der Waals surface area contributed by atoms with Crippen molar-refractivity contribution in [2.24, 2.45) is 4.99 Å². The fourth-order valence-electron chi connectivity index (χ4n) is 3.79. The standard InChI is InChI=1S/C21H19ClN4O7S2/c1-33-19(27)12-24-17-11-14(26(29)30)6-9-18(17)34-21(24)23-20(28)16-3-2-10-25(16)35(31,32)15-7-4-13(22)5-8-15/h4-9,11,16H,2-3,10,12H2,1H3. The third kappa shape index (κ3) is 4.98. The lowest BCUT2D eigenvalue weighted by molar-refractivity contribution is -0.384. The maximum Gasteiger partial charge on any atom is 0.325 e. The first-order chi connectivity index (χ1) is 16.6. The van der Waals surface area contributed by atoms with Gasteiger partial charge in [-0.15, -0.1) is 0 Å². The minimum Gasteiger partial charge on any atom is -0.468 e. The number of nitro benzene ring substituents is 1. The minimum atomic E-state index is -3.97. The van der Waals surface area contributed by atoms with Crippen molar-refractivity contribution in [3.8, 4) is 0 Å². The third-order valence-electron chi connectivity index (χ3n) is 5.51.